The molecule has 26 heavy (non-hydrogen) atoms. The third-order valence-electron chi connectivity index (χ3n) is 5.12. The summed E-state index contributed by atoms with van der Waals surface area (Å²) in [6.45, 7) is 7.47. The van der Waals surface area contributed by atoms with E-state index in [2.05, 4.69) is 17.6 Å². The second-order valence-electron chi connectivity index (χ2n) is 7.19. The minimum atomic E-state index is -0.0896. The Morgan fingerprint density at radius 1 is 1.15 bits per heavy atom. The number of hydrogen-bond acceptors (Lipinski definition) is 3. The zero-order valence-electron chi connectivity index (χ0n) is 15.5. The van der Waals surface area contributed by atoms with Gasteiger partial charge in [0.1, 0.15) is 0 Å². The van der Waals surface area contributed by atoms with Crippen molar-refractivity contribution in [3.8, 4) is 0 Å². The van der Waals surface area contributed by atoms with E-state index >= 15 is 0 Å². The van der Waals surface area contributed by atoms with Crippen LogP contribution in [0, 0.1) is 12.8 Å². The first kappa shape index (κ1) is 20.5. The third kappa shape index (κ3) is 5.11. The molecule has 3 rings (SSSR count). The molecule has 2 N–H and O–H groups in total. The molecule has 3 amide bonds. The van der Waals surface area contributed by atoms with E-state index in [-0.39, 0.29) is 30.3 Å². The van der Waals surface area contributed by atoms with Crippen molar-refractivity contribution in [2.45, 2.75) is 32.7 Å². The fraction of sp³-hybridized carbons (Fsp3) is 0.579. The average molecular weight is 381 g/mol. The van der Waals surface area contributed by atoms with E-state index in [1.807, 2.05) is 36.1 Å². The van der Waals surface area contributed by atoms with Gasteiger partial charge >= 0.3 is 6.03 Å². The van der Waals surface area contributed by atoms with Gasteiger partial charge in [0.05, 0.1) is 0 Å². The molecule has 144 valence electrons. The zero-order valence-corrected chi connectivity index (χ0v) is 16.3. The SMILES string of the molecule is Cc1cccc(NC(=O)N2CCN(C(=O)[C@H]3CCN[C@@H](C)C3)CC2)c1.Cl. The maximum absolute atomic E-state index is 12.7. The molecule has 2 atom stereocenters. The summed E-state index contributed by atoms with van der Waals surface area (Å²) in [7, 11) is 0. The van der Waals surface area contributed by atoms with Gasteiger partial charge < -0.3 is 20.4 Å². The number of aryl methyl sites for hydroxylation is 1. The van der Waals surface area contributed by atoms with Gasteiger partial charge in [0, 0.05) is 43.8 Å². The summed E-state index contributed by atoms with van der Waals surface area (Å²) >= 11 is 0. The highest BCUT2D eigenvalue weighted by atomic mass is 35.5. The van der Waals surface area contributed by atoms with Crippen molar-refractivity contribution in [3.63, 3.8) is 0 Å². The number of hydrogen-bond donors (Lipinski definition) is 2. The number of nitrogens with zero attached hydrogens (tertiary/aromatic N) is 2. The number of rotatable bonds is 2. The minimum absolute atomic E-state index is 0. The van der Waals surface area contributed by atoms with E-state index in [0.717, 1.165) is 30.6 Å². The van der Waals surface area contributed by atoms with Crippen molar-refractivity contribution in [3.05, 3.63) is 29.8 Å². The van der Waals surface area contributed by atoms with Crippen molar-refractivity contribution in [2.24, 2.45) is 5.92 Å². The molecule has 0 aromatic heterocycles. The van der Waals surface area contributed by atoms with Gasteiger partial charge in [-0.3, -0.25) is 4.79 Å². The third-order valence-corrected chi connectivity index (χ3v) is 5.12. The number of nitrogens with one attached hydrogen (secondary N) is 2. The second kappa shape index (κ2) is 9.24. The number of urea groups is 1. The van der Waals surface area contributed by atoms with Crippen LogP contribution in [0.1, 0.15) is 25.3 Å². The van der Waals surface area contributed by atoms with Gasteiger partial charge in [-0.1, -0.05) is 12.1 Å². The molecule has 0 saturated carbocycles. The summed E-state index contributed by atoms with van der Waals surface area (Å²) < 4.78 is 0. The Balaban J connectivity index is 0.00000243. The van der Waals surface area contributed by atoms with Crippen molar-refractivity contribution in [1.29, 1.82) is 0 Å². The molecule has 0 spiro atoms. The van der Waals surface area contributed by atoms with E-state index < -0.39 is 0 Å². The standard InChI is InChI=1S/C19H28N4O2.ClH/c1-14-4-3-5-17(12-14)21-19(25)23-10-8-22(9-11-23)18(24)16-6-7-20-15(2)13-16;/h3-5,12,15-16,20H,6-11,13H2,1-2H3,(H,21,25);1H/t15-,16-;/m0./s1. The first-order valence-corrected chi connectivity index (χ1v) is 9.17. The Labute approximate surface area is 161 Å². The number of anilines is 1. The molecule has 0 radical (unpaired) electrons. The van der Waals surface area contributed by atoms with Gasteiger partial charge in [-0.2, -0.15) is 0 Å². The monoisotopic (exact) mass is 380 g/mol. The zero-order chi connectivity index (χ0) is 17.8. The van der Waals surface area contributed by atoms with Gasteiger partial charge in [0.25, 0.3) is 0 Å². The highest BCUT2D eigenvalue weighted by Crippen LogP contribution is 2.20. The van der Waals surface area contributed by atoms with Crippen LogP contribution in [0.3, 0.4) is 0 Å². The number of carbonyl (C=O) groups is 2. The first-order chi connectivity index (χ1) is 12.0. The molecular formula is C19H29ClN4O2. The number of carbonyl (C=O) groups excluding carboxylic acids is 2. The molecule has 1 aromatic carbocycles. The normalized spacial score (nSPS) is 23.2. The highest BCUT2D eigenvalue weighted by molar-refractivity contribution is 5.89. The van der Waals surface area contributed by atoms with Crippen molar-refractivity contribution in [1.82, 2.24) is 15.1 Å². The maximum Gasteiger partial charge on any atom is 0.321 e. The number of piperidine rings is 1. The van der Waals surface area contributed by atoms with Gasteiger partial charge in [0.15, 0.2) is 0 Å². The molecule has 7 heteroatoms. The number of benzene rings is 1. The lowest BCUT2D eigenvalue weighted by Gasteiger charge is -2.38. The van der Waals surface area contributed by atoms with Crippen LogP contribution in [0.2, 0.25) is 0 Å². The fourth-order valence-corrected chi connectivity index (χ4v) is 3.67. The Hall–Kier alpha value is -1.79. The van der Waals surface area contributed by atoms with Crippen LogP contribution >= 0.6 is 12.4 Å². The lowest BCUT2D eigenvalue weighted by molar-refractivity contribution is -0.138. The van der Waals surface area contributed by atoms with Crippen LogP contribution in [0.15, 0.2) is 24.3 Å². The largest absolute Gasteiger partial charge is 0.339 e. The number of halogens is 1. The molecular weight excluding hydrogens is 352 g/mol. The van der Waals surface area contributed by atoms with Crippen LogP contribution in [0.25, 0.3) is 0 Å². The molecule has 2 heterocycles. The molecule has 0 unspecified atom stereocenters. The van der Waals surface area contributed by atoms with Crippen LogP contribution < -0.4 is 10.6 Å². The molecule has 2 saturated heterocycles. The Kier molecular flexibility index (Phi) is 7.29. The summed E-state index contributed by atoms with van der Waals surface area (Å²) in [5, 5.41) is 6.33. The predicted octanol–water partition coefficient (Wildman–Crippen LogP) is 2.48. The van der Waals surface area contributed by atoms with E-state index in [9.17, 15) is 9.59 Å². The summed E-state index contributed by atoms with van der Waals surface area (Å²) in [4.78, 5) is 28.8. The molecule has 2 fully saturated rings. The Morgan fingerprint density at radius 2 is 1.85 bits per heavy atom. The van der Waals surface area contributed by atoms with Crippen LogP contribution in [0.5, 0.6) is 0 Å². The number of amides is 3. The van der Waals surface area contributed by atoms with Crippen molar-refractivity contribution < 1.29 is 9.59 Å². The van der Waals surface area contributed by atoms with Crippen molar-refractivity contribution in [2.75, 3.05) is 38.0 Å². The van der Waals surface area contributed by atoms with Crippen LogP contribution in [0.4, 0.5) is 10.5 Å². The maximum atomic E-state index is 12.7. The molecule has 2 aliphatic heterocycles. The summed E-state index contributed by atoms with van der Waals surface area (Å²) in [5.41, 5.74) is 1.93. The first-order valence-electron chi connectivity index (χ1n) is 9.17. The quantitative estimate of drug-likeness (QED) is 0.828. The number of piperazine rings is 1. The molecule has 0 bridgehead atoms. The van der Waals surface area contributed by atoms with Gasteiger partial charge in [-0.15, -0.1) is 12.4 Å². The summed E-state index contributed by atoms with van der Waals surface area (Å²) in [6.07, 6.45) is 1.82. The molecule has 6 nitrogen and oxygen atoms in total. The predicted molar refractivity (Wildman–Crippen MR) is 106 cm³/mol. The minimum Gasteiger partial charge on any atom is -0.339 e. The van der Waals surface area contributed by atoms with Gasteiger partial charge in [-0.25, -0.2) is 4.79 Å². The lowest BCUT2D eigenvalue weighted by atomic mass is 9.92. The smallest absolute Gasteiger partial charge is 0.321 e. The highest BCUT2D eigenvalue weighted by Gasteiger charge is 2.31. The van der Waals surface area contributed by atoms with Crippen LogP contribution in [-0.2, 0) is 4.79 Å². The van der Waals surface area contributed by atoms with E-state index in [4.69, 9.17) is 0 Å². The molecule has 2 aliphatic rings. The second-order valence-corrected chi connectivity index (χ2v) is 7.19. The summed E-state index contributed by atoms with van der Waals surface area (Å²) in [5.74, 6) is 0.385. The molecule has 0 aliphatic carbocycles. The Bertz CT molecular complexity index is 632. The van der Waals surface area contributed by atoms with E-state index in [1.54, 1.807) is 4.90 Å². The summed E-state index contributed by atoms with van der Waals surface area (Å²) in [6, 6.07) is 8.10. The molecule has 1 aromatic rings. The Morgan fingerprint density at radius 3 is 2.50 bits per heavy atom. The van der Waals surface area contributed by atoms with E-state index in [1.165, 1.54) is 0 Å². The topological polar surface area (TPSA) is 64.7 Å². The van der Waals surface area contributed by atoms with E-state index in [0.29, 0.717) is 32.2 Å². The fourth-order valence-electron chi connectivity index (χ4n) is 3.67. The van der Waals surface area contributed by atoms with Crippen molar-refractivity contribution >= 4 is 30.0 Å². The van der Waals surface area contributed by atoms with Crippen LogP contribution in [-0.4, -0.2) is 60.5 Å². The average Bonchev–Trinajstić information content (AvgIpc) is 2.61. The van der Waals surface area contributed by atoms with Gasteiger partial charge in [-0.05, 0) is 50.9 Å². The van der Waals surface area contributed by atoms with Gasteiger partial charge in [0.2, 0.25) is 5.91 Å². The lowest BCUT2D eigenvalue weighted by Crippen LogP contribution is -2.54.